The number of H-pyrrole nitrogens is 1. The number of fused-ring (bicyclic) bond motifs is 1. The Morgan fingerprint density at radius 1 is 0.903 bits per heavy atom. The highest BCUT2D eigenvalue weighted by molar-refractivity contribution is 7.27. The Labute approximate surface area is 181 Å². The van der Waals surface area contributed by atoms with Crippen LogP contribution in [0.5, 0.6) is 0 Å². The van der Waals surface area contributed by atoms with E-state index in [-0.39, 0.29) is 0 Å². The molecule has 1 aromatic carbocycles. The van der Waals surface area contributed by atoms with Gasteiger partial charge in [-0.15, -0.1) is 9.24 Å². The summed E-state index contributed by atoms with van der Waals surface area (Å²) in [7, 11) is 2.72. The van der Waals surface area contributed by atoms with E-state index in [0.717, 1.165) is 50.2 Å². The van der Waals surface area contributed by atoms with Crippen LogP contribution in [0.2, 0.25) is 0 Å². The minimum atomic E-state index is 0.544. The highest BCUT2D eigenvalue weighted by Crippen LogP contribution is 2.32. The van der Waals surface area contributed by atoms with Crippen molar-refractivity contribution in [3.05, 3.63) is 85.5 Å². The average molecular weight is 422 g/mol. The molecule has 0 spiro atoms. The smallest absolute Gasteiger partial charge is 0.157 e. The number of hydrogen-bond donors (Lipinski definition) is 2. The van der Waals surface area contributed by atoms with Gasteiger partial charge in [0.1, 0.15) is 11.2 Å². The van der Waals surface area contributed by atoms with Gasteiger partial charge in [-0.05, 0) is 40.7 Å². The van der Waals surface area contributed by atoms with Crippen LogP contribution in [-0.2, 0) is 0 Å². The van der Waals surface area contributed by atoms with Gasteiger partial charge in [-0.3, -0.25) is 9.97 Å². The summed E-state index contributed by atoms with van der Waals surface area (Å²) in [5.74, 6) is 0. The predicted octanol–water partition coefficient (Wildman–Crippen LogP) is 4.18. The fraction of sp³-hybridized carbons (Fsp3) is 0. The van der Waals surface area contributed by atoms with Gasteiger partial charge in [-0.1, -0.05) is 30.8 Å². The second-order valence-corrected chi connectivity index (χ2v) is 7.77. The molecule has 3 N–H and O–H groups in total. The summed E-state index contributed by atoms with van der Waals surface area (Å²) < 4.78 is 0. The Kier molecular flexibility index (Phi) is 4.77. The Hall–Kier alpha value is -3.89. The molecule has 5 aromatic rings. The van der Waals surface area contributed by atoms with Crippen molar-refractivity contribution in [1.82, 2.24) is 24.9 Å². The molecule has 0 saturated carbocycles. The van der Waals surface area contributed by atoms with Crippen molar-refractivity contribution in [3.63, 3.8) is 0 Å². The van der Waals surface area contributed by atoms with Crippen molar-refractivity contribution < 1.29 is 0 Å². The summed E-state index contributed by atoms with van der Waals surface area (Å²) in [6, 6.07) is 15.8. The first-order chi connectivity index (χ1) is 15.1. The van der Waals surface area contributed by atoms with E-state index in [1.807, 2.05) is 48.5 Å². The standard InChI is InChI=1S/C24H19N6P/c1-14(25)15-4-6-16(7-5-15)19-11-20-24(29-19)30-22(17-3-2-9-26-12-17)23(28-20)18-8-10-27-13-21(18)31/h2-13H,1,25,31H2,(H,29,30). The van der Waals surface area contributed by atoms with E-state index in [0.29, 0.717) is 11.3 Å². The Morgan fingerprint density at radius 3 is 2.42 bits per heavy atom. The first kappa shape index (κ1) is 19.1. The number of nitrogens with two attached hydrogens (primary N) is 1. The molecule has 31 heavy (non-hydrogen) atoms. The maximum Gasteiger partial charge on any atom is 0.157 e. The Morgan fingerprint density at radius 2 is 1.71 bits per heavy atom. The number of nitrogens with zero attached hydrogens (tertiary/aromatic N) is 4. The predicted molar refractivity (Wildman–Crippen MR) is 128 cm³/mol. The number of benzene rings is 1. The molecule has 1 unspecified atom stereocenters. The lowest BCUT2D eigenvalue weighted by Crippen LogP contribution is -2.02. The molecular formula is C24H19N6P. The van der Waals surface area contributed by atoms with Crippen molar-refractivity contribution in [1.29, 1.82) is 0 Å². The molecule has 1 atom stereocenters. The van der Waals surface area contributed by atoms with Crippen LogP contribution in [0.25, 0.3) is 50.6 Å². The van der Waals surface area contributed by atoms with Crippen LogP contribution < -0.4 is 11.0 Å². The monoisotopic (exact) mass is 422 g/mol. The third kappa shape index (κ3) is 3.58. The molecular weight excluding hydrogens is 403 g/mol. The van der Waals surface area contributed by atoms with E-state index in [9.17, 15) is 0 Å². The van der Waals surface area contributed by atoms with Gasteiger partial charge in [-0.2, -0.15) is 0 Å². The molecule has 4 heterocycles. The number of hydrogen-bond acceptors (Lipinski definition) is 5. The number of aromatic nitrogens is 5. The van der Waals surface area contributed by atoms with Gasteiger partial charge in [-0.25, -0.2) is 9.97 Å². The Bertz CT molecular complexity index is 1410. The summed E-state index contributed by atoms with van der Waals surface area (Å²) in [6.45, 7) is 3.79. The largest absolute Gasteiger partial charge is 0.399 e. The van der Waals surface area contributed by atoms with Gasteiger partial charge in [0, 0.05) is 47.3 Å². The van der Waals surface area contributed by atoms with E-state index >= 15 is 0 Å². The van der Waals surface area contributed by atoms with E-state index < -0.39 is 0 Å². The van der Waals surface area contributed by atoms with Crippen molar-refractivity contribution in [2.45, 2.75) is 0 Å². The lowest BCUT2D eigenvalue weighted by molar-refractivity contribution is 1.24. The lowest BCUT2D eigenvalue weighted by Gasteiger charge is -2.10. The van der Waals surface area contributed by atoms with Gasteiger partial charge in [0.15, 0.2) is 5.65 Å². The third-order valence-electron chi connectivity index (χ3n) is 5.07. The summed E-state index contributed by atoms with van der Waals surface area (Å²) >= 11 is 0. The van der Waals surface area contributed by atoms with Crippen LogP contribution in [0.3, 0.4) is 0 Å². The van der Waals surface area contributed by atoms with Crippen molar-refractivity contribution >= 4 is 31.4 Å². The molecule has 0 aliphatic rings. The minimum Gasteiger partial charge on any atom is -0.399 e. The van der Waals surface area contributed by atoms with Crippen molar-refractivity contribution in [3.8, 4) is 33.8 Å². The molecule has 0 bridgehead atoms. The number of pyridine rings is 2. The Balaban J connectivity index is 1.70. The molecule has 0 amide bonds. The summed E-state index contributed by atoms with van der Waals surface area (Å²) in [5, 5.41) is 0.953. The van der Waals surface area contributed by atoms with Gasteiger partial charge < -0.3 is 10.7 Å². The van der Waals surface area contributed by atoms with Crippen LogP contribution in [0.15, 0.2) is 79.9 Å². The van der Waals surface area contributed by atoms with E-state index in [4.69, 9.17) is 15.7 Å². The minimum absolute atomic E-state index is 0.544. The first-order valence-electron chi connectivity index (χ1n) is 9.66. The maximum atomic E-state index is 5.79. The summed E-state index contributed by atoms with van der Waals surface area (Å²) in [4.78, 5) is 21.8. The third-order valence-corrected chi connectivity index (χ3v) is 5.53. The van der Waals surface area contributed by atoms with Crippen molar-refractivity contribution in [2.24, 2.45) is 5.73 Å². The van der Waals surface area contributed by atoms with E-state index in [1.54, 1.807) is 24.8 Å². The second kappa shape index (κ2) is 7.74. The number of rotatable bonds is 4. The highest BCUT2D eigenvalue weighted by Gasteiger charge is 2.17. The van der Waals surface area contributed by atoms with Gasteiger partial charge in [0.2, 0.25) is 0 Å². The highest BCUT2D eigenvalue weighted by atomic mass is 31.0. The topological polar surface area (TPSA) is 93.4 Å². The zero-order chi connectivity index (χ0) is 21.4. The van der Waals surface area contributed by atoms with Gasteiger partial charge in [0.05, 0.1) is 5.69 Å². The number of nitrogens with one attached hydrogen (secondary N) is 1. The first-order valence-corrected chi connectivity index (χ1v) is 10.2. The molecule has 0 radical (unpaired) electrons. The summed E-state index contributed by atoms with van der Waals surface area (Å²) in [5.41, 5.74) is 14.1. The average Bonchev–Trinajstić information content (AvgIpc) is 3.22. The van der Waals surface area contributed by atoms with E-state index in [1.165, 1.54) is 0 Å². The molecule has 4 aromatic heterocycles. The fourth-order valence-electron chi connectivity index (χ4n) is 3.47. The molecule has 150 valence electrons. The zero-order valence-corrected chi connectivity index (χ0v) is 17.7. The van der Waals surface area contributed by atoms with Crippen LogP contribution in [-0.4, -0.2) is 24.9 Å². The second-order valence-electron chi connectivity index (χ2n) is 7.14. The van der Waals surface area contributed by atoms with Crippen LogP contribution in [0.4, 0.5) is 0 Å². The van der Waals surface area contributed by atoms with Crippen LogP contribution in [0.1, 0.15) is 5.56 Å². The van der Waals surface area contributed by atoms with E-state index in [2.05, 4.69) is 30.8 Å². The van der Waals surface area contributed by atoms with Gasteiger partial charge >= 0.3 is 0 Å². The van der Waals surface area contributed by atoms with Gasteiger partial charge in [0.25, 0.3) is 0 Å². The molecule has 0 fully saturated rings. The maximum absolute atomic E-state index is 5.79. The summed E-state index contributed by atoms with van der Waals surface area (Å²) in [6.07, 6.45) is 7.10. The lowest BCUT2D eigenvalue weighted by atomic mass is 10.1. The molecule has 6 nitrogen and oxygen atoms in total. The van der Waals surface area contributed by atoms with Crippen LogP contribution in [0, 0.1) is 0 Å². The normalized spacial score (nSPS) is 11.0. The molecule has 7 heteroatoms. The quantitative estimate of drug-likeness (QED) is 0.424. The SMILES string of the molecule is C=C(N)c1ccc(-c2cc3nc(-c4ccncc4P)c(-c4cccnc4)nc3[nH]2)cc1. The van der Waals surface area contributed by atoms with Crippen molar-refractivity contribution in [2.75, 3.05) is 0 Å². The zero-order valence-electron chi connectivity index (χ0n) is 16.6. The molecule has 0 saturated heterocycles. The molecule has 5 rings (SSSR count). The van der Waals surface area contributed by atoms with Crippen LogP contribution >= 0.6 is 9.24 Å². The number of aromatic amines is 1. The molecule has 0 aliphatic heterocycles. The molecule has 0 aliphatic carbocycles. The fourth-order valence-corrected chi connectivity index (χ4v) is 3.79.